The number of fused-ring (bicyclic) bond motifs is 15. The van der Waals surface area contributed by atoms with Gasteiger partial charge in [-0.05, 0) is 100 Å². The van der Waals surface area contributed by atoms with Crippen LogP contribution in [0, 0.1) is 0 Å². The lowest BCUT2D eigenvalue weighted by Crippen LogP contribution is -2.32. The van der Waals surface area contributed by atoms with Gasteiger partial charge in [0.25, 0.3) is 0 Å². The molecule has 0 bridgehead atoms. The number of ether oxygens (including phenoxy) is 1. The first-order valence-corrected chi connectivity index (χ1v) is 21.7. The van der Waals surface area contributed by atoms with E-state index in [1.807, 2.05) is 22.7 Å². The minimum atomic E-state index is -0.571. The summed E-state index contributed by atoms with van der Waals surface area (Å²) in [5, 5.41) is 5.10. The number of nitrogens with zero attached hydrogens (tertiary/aromatic N) is 1. The molecule has 0 N–H and O–H groups in total. The van der Waals surface area contributed by atoms with Crippen LogP contribution in [0.15, 0.2) is 200 Å². The van der Waals surface area contributed by atoms with Gasteiger partial charge in [0.05, 0.1) is 11.1 Å². The zero-order chi connectivity index (χ0) is 38.7. The molecule has 276 valence electrons. The molecular weight excluding hydrogens is 755 g/mol. The van der Waals surface area contributed by atoms with E-state index in [1.165, 1.54) is 79.3 Å². The maximum Gasteiger partial charge on any atom is 0.132 e. The van der Waals surface area contributed by atoms with Crippen molar-refractivity contribution in [3.05, 3.63) is 222 Å². The molecule has 9 aromatic carbocycles. The molecule has 1 spiro atoms. The van der Waals surface area contributed by atoms with E-state index in [0.29, 0.717) is 0 Å². The third-order valence-electron chi connectivity index (χ3n) is 12.5. The van der Waals surface area contributed by atoms with Crippen molar-refractivity contribution >= 4 is 80.1 Å². The first kappa shape index (κ1) is 33.0. The maximum absolute atomic E-state index is 6.89. The largest absolute Gasteiger partial charge is 0.457 e. The van der Waals surface area contributed by atoms with Gasteiger partial charge < -0.3 is 9.64 Å². The van der Waals surface area contributed by atoms with Crippen LogP contribution >= 0.6 is 22.7 Å². The van der Waals surface area contributed by atoms with E-state index in [0.717, 1.165) is 34.1 Å². The molecule has 0 atom stereocenters. The fourth-order valence-electron chi connectivity index (χ4n) is 10.2. The van der Waals surface area contributed by atoms with Crippen molar-refractivity contribution in [1.29, 1.82) is 0 Å². The van der Waals surface area contributed by atoms with Crippen molar-refractivity contribution in [1.82, 2.24) is 0 Å². The Labute approximate surface area is 349 Å². The lowest BCUT2D eigenvalue weighted by molar-refractivity contribution is 0.436. The van der Waals surface area contributed by atoms with Crippen molar-refractivity contribution in [3.8, 4) is 33.8 Å². The minimum Gasteiger partial charge on any atom is -0.457 e. The fraction of sp³-hybridized carbons (Fsp3) is 0.0182. The van der Waals surface area contributed by atoms with E-state index in [-0.39, 0.29) is 0 Å². The standard InChI is InChI=1S/C55H33NOS2/c1-2-14-34(15-3-1)37-19-12-26-51-53(37)41-32-35(29-31-50(41)59-51)56(46-23-13-27-52-54(46)40-18-6-11-25-49(40)58-52)36-28-30-48-45(33-36)55(44-22-9-10-24-47(44)57-48)42-20-7-4-16-38(42)39-17-5-8-21-43(39)55/h1-33H. The van der Waals surface area contributed by atoms with Gasteiger partial charge >= 0.3 is 0 Å². The van der Waals surface area contributed by atoms with E-state index in [1.54, 1.807) is 0 Å². The van der Waals surface area contributed by atoms with E-state index in [9.17, 15) is 0 Å². The molecule has 1 aliphatic carbocycles. The Morgan fingerprint density at radius 1 is 0.373 bits per heavy atom. The van der Waals surface area contributed by atoms with Crippen LogP contribution in [-0.2, 0) is 5.41 Å². The molecule has 4 heteroatoms. The average Bonchev–Trinajstić information content (AvgIpc) is 3.96. The molecule has 0 radical (unpaired) electrons. The van der Waals surface area contributed by atoms with Crippen molar-refractivity contribution in [2.24, 2.45) is 0 Å². The van der Waals surface area contributed by atoms with Crippen molar-refractivity contribution in [3.63, 3.8) is 0 Å². The highest BCUT2D eigenvalue weighted by Crippen LogP contribution is 2.63. The molecule has 3 heterocycles. The van der Waals surface area contributed by atoms with Crippen LogP contribution in [0.1, 0.15) is 22.3 Å². The van der Waals surface area contributed by atoms with Gasteiger partial charge in [-0.25, -0.2) is 0 Å². The van der Waals surface area contributed by atoms with Crippen LogP contribution in [0.5, 0.6) is 11.5 Å². The Hall–Kier alpha value is -6.98. The molecule has 59 heavy (non-hydrogen) atoms. The third-order valence-corrected chi connectivity index (χ3v) is 14.8. The van der Waals surface area contributed by atoms with Gasteiger partial charge in [-0.3, -0.25) is 0 Å². The maximum atomic E-state index is 6.89. The van der Waals surface area contributed by atoms with Gasteiger partial charge in [0, 0.05) is 62.8 Å². The molecule has 1 aliphatic heterocycles. The summed E-state index contributed by atoms with van der Waals surface area (Å²) < 4.78 is 12.0. The zero-order valence-electron chi connectivity index (χ0n) is 31.7. The van der Waals surface area contributed by atoms with Crippen LogP contribution in [0.2, 0.25) is 0 Å². The molecular formula is C55H33NOS2. The Bertz CT molecular complexity index is 3460. The molecule has 0 saturated heterocycles. The van der Waals surface area contributed by atoms with E-state index < -0.39 is 5.41 Å². The molecule has 2 nitrogen and oxygen atoms in total. The number of rotatable bonds is 4. The molecule has 2 aromatic heterocycles. The van der Waals surface area contributed by atoms with Gasteiger partial charge in [0.15, 0.2) is 0 Å². The van der Waals surface area contributed by atoms with Gasteiger partial charge in [-0.15, -0.1) is 22.7 Å². The fourth-order valence-corrected chi connectivity index (χ4v) is 12.4. The highest BCUT2D eigenvalue weighted by atomic mass is 32.1. The van der Waals surface area contributed by atoms with Crippen LogP contribution in [0.25, 0.3) is 62.6 Å². The van der Waals surface area contributed by atoms with Crippen LogP contribution < -0.4 is 9.64 Å². The Morgan fingerprint density at radius 3 is 1.76 bits per heavy atom. The lowest BCUT2D eigenvalue weighted by atomic mass is 9.66. The highest BCUT2D eigenvalue weighted by molar-refractivity contribution is 7.26. The summed E-state index contributed by atoms with van der Waals surface area (Å²) in [5.74, 6) is 1.78. The Morgan fingerprint density at radius 2 is 0.949 bits per heavy atom. The summed E-state index contributed by atoms with van der Waals surface area (Å²) in [6.07, 6.45) is 0. The van der Waals surface area contributed by atoms with E-state index in [4.69, 9.17) is 4.74 Å². The Balaban J connectivity index is 1.12. The molecule has 2 aliphatic rings. The molecule has 0 unspecified atom stereocenters. The van der Waals surface area contributed by atoms with E-state index >= 15 is 0 Å². The lowest BCUT2D eigenvalue weighted by Gasteiger charge is -2.40. The second-order valence-electron chi connectivity index (χ2n) is 15.5. The predicted molar refractivity (Wildman–Crippen MR) is 250 cm³/mol. The van der Waals surface area contributed by atoms with E-state index in [2.05, 4.69) is 205 Å². The number of para-hydroxylation sites is 1. The van der Waals surface area contributed by atoms with Crippen molar-refractivity contribution < 1.29 is 4.74 Å². The second kappa shape index (κ2) is 12.5. The molecule has 13 rings (SSSR count). The number of thiophene rings is 2. The molecule has 11 aromatic rings. The average molecular weight is 788 g/mol. The quantitative estimate of drug-likeness (QED) is 0.176. The minimum absolute atomic E-state index is 0.571. The number of hydrogen-bond donors (Lipinski definition) is 0. The topological polar surface area (TPSA) is 12.5 Å². The van der Waals surface area contributed by atoms with Gasteiger partial charge in [0.1, 0.15) is 11.5 Å². The summed E-state index contributed by atoms with van der Waals surface area (Å²) in [5.41, 5.74) is 12.7. The summed E-state index contributed by atoms with van der Waals surface area (Å²) in [7, 11) is 0. The number of hydrogen-bond acceptors (Lipinski definition) is 4. The van der Waals surface area contributed by atoms with Crippen LogP contribution in [-0.4, -0.2) is 0 Å². The summed E-state index contributed by atoms with van der Waals surface area (Å²) in [6.45, 7) is 0. The third kappa shape index (κ3) is 4.61. The van der Waals surface area contributed by atoms with Crippen LogP contribution in [0.4, 0.5) is 17.1 Å². The monoisotopic (exact) mass is 787 g/mol. The van der Waals surface area contributed by atoms with Gasteiger partial charge in [-0.2, -0.15) is 0 Å². The zero-order valence-corrected chi connectivity index (χ0v) is 33.4. The summed E-state index contributed by atoms with van der Waals surface area (Å²) in [6, 6.07) is 73.6. The SMILES string of the molecule is c1ccc(-c2cccc3sc4ccc(N(c5ccc6c(c5)C5(c7ccccc7O6)c6ccccc6-c6ccccc65)c5cccc6sc7ccccc7c56)cc4c23)cc1. The van der Waals surface area contributed by atoms with Crippen molar-refractivity contribution in [2.45, 2.75) is 5.41 Å². The smallest absolute Gasteiger partial charge is 0.132 e. The first-order chi connectivity index (χ1) is 29.3. The van der Waals surface area contributed by atoms with Crippen LogP contribution in [0.3, 0.4) is 0 Å². The summed E-state index contributed by atoms with van der Waals surface area (Å²) >= 11 is 3.73. The Kier molecular flexibility index (Phi) is 7.00. The first-order valence-electron chi connectivity index (χ1n) is 20.1. The molecule has 0 amide bonds. The molecule has 0 fully saturated rings. The number of anilines is 3. The van der Waals surface area contributed by atoms with Gasteiger partial charge in [-0.1, -0.05) is 133 Å². The number of benzene rings is 9. The van der Waals surface area contributed by atoms with Crippen molar-refractivity contribution in [2.75, 3.05) is 4.90 Å². The second-order valence-corrected chi connectivity index (χ2v) is 17.7. The summed E-state index contributed by atoms with van der Waals surface area (Å²) in [4.78, 5) is 2.50. The molecule has 0 saturated carbocycles. The normalized spacial score (nSPS) is 13.4. The van der Waals surface area contributed by atoms with Gasteiger partial charge in [0.2, 0.25) is 0 Å². The predicted octanol–water partition coefficient (Wildman–Crippen LogP) is 16.0. The highest BCUT2D eigenvalue weighted by Gasteiger charge is 2.51.